The van der Waals surface area contributed by atoms with Crippen LogP contribution in [0.15, 0.2) is 65.4 Å². The van der Waals surface area contributed by atoms with Crippen LogP contribution in [0.3, 0.4) is 0 Å². The third-order valence-electron chi connectivity index (χ3n) is 10.1. The fraction of sp³-hybridized carbons (Fsp3) is 0.355. The van der Waals surface area contributed by atoms with Gasteiger partial charge >= 0.3 is 0 Å². The van der Waals surface area contributed by atoms with Crippen molar-refractivity contribution in [1.82, 2.24) is 4.57 Å². The predicted molar refractivity (Wildman–Crippen MR) is 144 cm³/mol. The minimum absolute atomic E-state index is 0.0540. The molecule has 2 fully saturated rings. The van der Waals surface area contributed by atoms with Gasteiger partial charge < -0.3 is 19.5 Å². The molecule has 4 heterocycles. The highest BCUT2D eigenvalue weighted by Crippen LogP contribution is 2.64. The van der Waals surface area contributed by atoms with Gasteiger partial charge in [-0.2, -0.15) is 0 Å². The molecule has 1 aromatic heterocycles. The van der Waals surface area contributed by atoms with E-state index in [9.17, 15) is 14.7 Å². The van der Waals surface area contributed by atoms with E-state index >= 15 is 0 Å². The fourth-order valence-electron chi connectivity index (χ4n) is 8.42. The zero-order chi connectivity index (χ0) is 25.7. The van der Waals surface area contributed by atoms with Crippen molar-refractivity contribution < 1.29 is 19.2 Å². The van der Waals surface area contributed by atoms with Crippen LogP contribution in [-0.4, -0.2) is 51.9 Å². The number of anilines is 1. The molecule has 2 aromatic carbocycles. The Morgan fingerprint density at radius 2 is 2.05 bits per heavy atom. The molecule has 2 N–H and O–H groups in total. The number of aromatic hydroxyl groups is 1. The Kier molecular flexibility index (Phi) is 4.54. The second kappa shape index (κ2) is 7.45. The average molecular weight is 495 g/mol. The number of carbonyl (C=O) groups is 2. The number of nitrogens with zero attached hydrogens (tertiary/aromatic N) is 2. The molecule has 2 saturated heterocycles. The van der Waals surface area contributed by atoms with E-state index in [0.717, 1.165) is 76.9 Å². The molecule has 7 rings (SSSR count). The van der Waals surface area contributed by atoms with E-state index in [0.29, 0.717) is 11.0 Å². The monoisotopic (exact) mass is 494 g/mol. The third-order valence-corrected chi connectivity index (χ3v) is 10.1. The number of allylic oxidation sites excluding steroid dienone is 2. The molecule has 3 aliphatic heterocycles. The van der Waals surface area contributed by atoms with E-state index in [4.69, 9.17) is 0 Å². The molecule has 6 heteroatoms. The van der Waals surface area contributed by atoms with Crippen LogP contribution in [0.5, 0.6) is 5.75 Å². The summed E-state index contributed by atoms with van der Waals surface area (Å²) in [5, 5.41) is 15.3. The number of para-hydroxylation sites is 2. The number of nitrogens with one attached hydrogen (secondary N) is 1. The van der Waals surface area contributed by atoms with Gasteiger partial charge in [-0.05, 0) is 37.1 Å². The van der Waals surface area contributed by atoms with Crippen molar-refractivity contribution in [2.24, 2.45) is 13.0 Å². The lowest BCUT2D eigenvalue weighted by Gasteiger charge is -2.53. The number of Topliss-reactive ketones (excluding diaryl/α,β-unsaturated/α-hetero) is 1. The highest BCUT2D eigenvalue weighted by atomic mass is 16.3. The number of quaternary nitrogens is 1. The molecule has 4 aliphatic rings. The number of piperidine rings is 1. The predicted octanol–water partition coefficient (Wildman–Crippen LogP) is 4.76. The first-order valence-electron chi connectivity index (χ1n) is 13.2. The molecule has 37 heavy (non-hydrogen) atoms. The number of aldehydes is 1. The molecule has 188 valence electrons. The average Bonchev–Trinajstić information content (AvgIpc) is 3.51. The standard InChI is InChI=1S/C31H31N3O3/c1-4-19-15-34(16-26(37)28-18(2)33(3)24-10-6-5-8-20(24)28)13-12-31-23-9-7-11-25(36)29(23)32-30(31)22(17-35)21(19)14-27(31)34/h4-11,17,21,27H,12-16H2,1-3H3,(H-,32,35,36)/p+1/b19-4-/t21-,27?,31+,34?/m0/s1. The van der Waals surface area contributed by atoms with Gasteiger partial charge in [0.1, 0.15) is 31.2 Å². The first-order valence-corrected chi connectivity index (χ1v) is 13.2. The smallest absolute Gasteiger partial charge is 0.219 e. The topological polar surface area (TPSA) is 71.3 Å². The van der Waals surface area contributed by atoms with Crippen LogP contribution in [0.1, 0.15) is 41.4 Å². The van der Waals surface area contributed by atoms with Gasteiger partial charge in [-0.15, -0.1) is 0 Å². The summed E-state index contributed by atoms with van der Waals surface area (Å²) in [5.41, 5.74) is 7.34. The van der Waals surface area contributed by atoms with Gasteiger partial charge in [0, 0.05) is 53.7 Å². The van der Waals surface area contributed by atoms with Gasteiger partial charge in [-0.3, -0.25) is 9.59 Å². The number of carbonyl (C=O) groups excluding carboxylic acids is 2. The number of aromatic nitrogens is 1. The van der Waals surface area contributed by atoms with Gasteiger partial charge in [0.2, 0.25) is 5.78 Å². The Morgan fingerprint density at radius 3 is 2.84 bits per heavy atom. The molecule has 2 bridgehead atoms. The minimum atomic E-state index is -0.381. The maximum absolute atomic E-state index is 14.2. The summed E-state index contributed by atoms with van der Waals surface area (Å²) in [6, 6.07) is 14.0. The van der Waals surface area contributed by atoms with Gasteiger partial charge in [0.05, 0.1) is 23.2 Å². The molecule has 1 aliphatic carbocycles. The highest BCUT2D eigenvalue weighted by molar-refractivity contribution is 6.10. The minimum Gasteiger partial charge on any atom is -0.506 e. The SMILES string of the molecule is C/C=C1/C[N+]2(CC(=O)c3c(C)n(C)c4ccccc34)CC[C@]34C(=C(C=O)[C@H]1CC32)Nc1c(O)cccc14. The maximum Gasteiger partial charge on any atom is 0.219 e. The summed E-state index contributed by atoms with van der Waals surface area (Å²) in [6.45, 7) is 6.17. The van der Waals surface area contributed by atoms with Crippen molar-refractivity contribution in [3.63, 3.8) is 0 Å². The van der Waals surface area contributed by atoms with Crippen LogP contribution in [0, 0.1) is 12.8 Å². The summed E-state index contributed by atoms with van der Waals surface area (Å²) in [4.78, 5) is 26.8. The summed E-state index contributed by atoms with van der Waals surface area (Å²) < 4.78 is 2.82. The number of hydrogen-bond donors (Lipinski definition) is 2. The van der Waals surface area contributed by atoms with Crippen LogP contribution < -0.4 is 5.32 Å². The number of ketones is 1. The van der Waals surface area contributed by atoms with Crippen molar-refractivity contribution >= 4 is 28.7 Å². The first-order chi connectivity index (χ1) is 17.9. The summed E-state index contributed by atoms with van der Waals surface area (Å²) in [5.74, 6) is 0.458. The summed E-state index contributed by atoms with van der Waals surface area (Å²) in [7, 11) is 2.03. The van der Waals surface area contributed by atoms with Crippen molar-refractivity contribution in [2.75, 3.05) is 25.0 Å². The zero-order valence-electron chi connectivity index (χ0n) is 21.5. The van der Waals surface area contributed by atoms with E-state index in [1.54, 1.807) is 6.07 Å². The van der Waals surface area contributed by atoms with Crippen molar-refractivity contribution in [3.05, 3.63) is 82.2 Å². The Bertz CT molecular complexity index is 1590. The number of rotatable bonds is 4. The number of phenols is 1. The Morgan fingerprint density at radius 1 is 1.24 bits per heavy atom. The lowest BCUT2D eigenvalue weighted by atomic mass is 9.61. The highest BCUT2D eigenvalue weighted by Gasteiger charge is 2.69. The Labute approximate surface area is 216 Å². The number of fused-ring (bicyclic) bond motifs is 3. The summed E-state index contributed by atoms with van der Waals surface area (Å²) >= 11 is 0. The van der Waals surface area contributed by atoms with Crippen LogP contribution in [-0.2, 0) is 17.3 Å². The van der Waals surface area contributed by atoms with Crippen LogP contribution >= 0.6 is 0 Å². The molecule has 0 radical (unpaired) electrons. The second-order valence-corrected chi connectivity index (χ2v) is 11.4. The van der Waals surface area contributed by atoms with Crippen LogP contribution in [0.25, 0.3) is 10.9 Å². The lowest BCUT2D eigenvalue weighted by Crippen LogP contribution is -2.64. The number of benzene rings is 2. The molecule has 2 unspecified atom stereocenters. The van der Waals surface area contributed by atoms with E-state index < -0.39 is 0 Å². The normalized spacial score (nSPS) is 30.4. The largest absolute Gasteiger partial charge is 0.506 e. The molecular weight excluding hydrogens is 462 g/mol. The van der Waals surface area contributed by atoms with Crippen LogP contribution in [0.4, 0.5) is 5.69 Å². The molecule has 0 amide bonds. The number of phenolic OH excluding ortho intramolecular Hbond substituents is 1. The van der Waals surface area contributed by atoms with Gasteiger partial charge in [0.25, 0.3) is 0 Å². The van der Waals surface area contributed by atoms with Crippen molar-refractivity contribution in [1.29, 1.82) is 0 Å². The van der Waals surface area contributed by atoms with E-state index in [1.165, 1.54) is 5.57 Å². The molecular formula is C31H32N3O3+. The molecule has 4 atom stereocenters. The van der Waals surface area contributed by atoms with Gasteiger partial charge in [-0.25, -0.2) is 0 Å². The van der Waals surface area contributed by atoms with E-state index in [-0.39, 0.29) is 28.9 Å². The van der Waals surface area contributed by atoms with E-state index in [2.05, 4.69) is 41.1 Å². The summed E-state index contributed by atoms with van der Waals surface area (Å²) in [6.07, 6.45) is 4.87. The maximum atomic E-state index is 14.2. The molecule has 0 saturated carbocycles. The Balaban J connectivity index is 1.40. The second-order valence-electron chi connectivity index (χ2n) is 11.4. The number of aryl methyl sites for hydroxylation is 1. The van der Waals surface area contributed by atoms with Gasteiger partial charge in [0.15, 0.2) is 0 Å². The van der Waals surface area contributed by atoms with Gasteiger partial charge in [-0.1, -0.05) is 36.4 Å². The molecule has 3 aromatic rings. The fourth-order valence-corrected chi connectivity index (χ4v) is 8.42. The van der Waals surface area contributed by atoms with Crippen LogP contribution in [0.2, 0.25) is 0 Å². The quantitative estimate of drug-likeness (QED) is 0.180. The number of hydrogen-bond acceptors (Lipinski definition) is 4. The molecule has 6 nitrogen and oxygen atoms in total. The lowest BCUT2D eigenvalue weighted by molar-refractivity contribution is -0.934. The van der Waals surface area contributed by atoms with Crippen molar-refractivity contribution in [2.45, 2.75) is 38.1 Å². The van der Waals surface area contributed by atoms with E-state index in [1.807, 2.05) is 32.2 Å². The Hall–Kier alpha value is -3.64. The third kappa shape index (κ3) is 2.64. The molecule has 1 spiro atoms. The van der Waals surface area contributed by atoms with Crippen molar-refractivity contribution in [3.8, 4) is 5.75 Å². The first kappa shape index (κ1) is 22.5. The zero-order valence-corrected chi connectivity index (χ0v) is 21.5.